The lowest BCUT2D eigenvalue weighted by atomic mass is 10.2. The van der Waals surface area contributed by atoms with Crippen LogP contribution in [0, 0.1) is 6.92 Å². The van der Waals surface area contributed by atoms with Crippen LogP contribution in [0.2, 0.25) is 0 Å². The Morgan fingerprint density at radius 2 is 2.03 bits per heavy atom. The first-order valence-corrected chi connectivity index (χ1v) is 9.47. The standard InChI is InChI=1S/C20H21N5O4/c1-13-10-15(28-23-13)11-18(26)25-9-5-8-16(25)19(27)21-12-17-22-20(29-24-17)14-6-3-2-4-7-14/h2-4,6-7,10,16H,5,8-9,11-12H2,1H3,(H,21,27). The average Bonchev–Trinajstić information content (AvgIpc) is 3.48. The number of hydrogen-bond acceptors (Lipinski definition) is 7. The largest absolute Gasteiger partial charge is 0.361 e. The summed E-state index contributed by atoms with van der Waals surface area (Å²) in [4.78, 5) is 31.1. The van der Waals surface area contributed by atoms with Gasteiger partial charge in [0.1, 0.15) is 11.8 Å². The number of hydrogen-bond donors (Lipinski definition) is 1. The van der Waals surface area contributed by atoms with Crippen LogP contribution in [-0.4, -0.2) is 44.6 Å². The van der Waals surface area contributed by atoms with Crippen LogP contribution in [0.4, 0.5) is 0 Å². The summed E-state index contributed by atoms with van der Waals surface area (Å²) in [5.74, 6) is 0.902. The quantitative estimate of drug-likeness (QED) is 0.678. The number of benzene rings is 1. The number of likely N-dealkylation sites (tertiary alicyclic amines) is 1. The summed E-state index contributed by atoms with van der Waals surface area (Å²) >= 11 is 0. The molecule has 1 aliphatic rings. The molecule has 1 aliphatic heterocycles. The number of rotatable bonds is 6. The zero-order valence-electron chi connectivity index (χ0n) is 16.0. The van der Waals surface area contributed by atoms with Gasteiger partial charge in [-0.2, -0.15) is 4.98 Å². The molecule has 2 aromatic heterocycles. The fourth-order valence-electron chi connectivity index (χ4n) is 3.40. The number of nitrogens with one attached hydrogen (secondary N) is 1. The molecule has 9 nitrogen and oxygen atoms in total. The third-order valence-electron chi connectivity index (χ3n) is 4.79. The summed E-state index contributed by atoms with van der Waals surface area (Å²) in [6, 6.07) is 10.6. The Labute approximate surface area is 167 Å². The molecule has 2 amide bonds. The third kappa shape index (κ3) is 4.34. The van der Waals surface area contributed by atoms with Crippen LogP contribution in [0.1, 0.15) is 30.1 Å². The van der Waals surface area contributed by atoms with Gasteiger partial charge in [-0.25, -0.2) is 0 Å². The first-order chi connectivity index (χ1) is 14.1. The van der Waals surface area contributed by atoms with E-state index in [9.17, 15) is 9.59 Å². The fourth-order valence-corrected chi connectivity index (χ4v) is 3.40. The Bertz CT molecular complexity index is 997. The van der Waals surface area contributed by atoms with Gasteiger partial charge in [0, 0.05) is 18.2 Å². The minimum Gasteiger partial charge on any atom is -0.361 e. The second kappa shape index (κ2) is 8.26. The summed E-state index contributed by atoms with van der Waals surface area (Å²) in [6.07, 6.45) is 1.49. The lowest BCUT2D eigenvalue weighted by Crippen LogP contribution is -2.46. The molecule has 0 radical (unpaired) electrons. The van der Waals surface area contributed by atoms with Crippen LogP contribution in [0.25, 0.3) is 11.5 Å². The number of carbonyl (C=O) groups excluding carboxylic acids is 2. The smallest absolute Gasteiger partial charge is 0.257 e. The van der Waals surface area contributed by atoms with Crippen molar-refractivity contribution in [2.24, 2.45) is 0 Å². The van der Waals surface area contributed by atoms with Gasteiger partial charge in [0.15, 0.2) is 5.82 Å². The maximum Gasteiger partial charge on any atom is 0.257 e. The highest BCUT2D eigenvalue weighted by Crippen LogP contribution is 2.20. The van der Waals surface area contributed by atoms with Crippen molar-refractivity contribution >= 4 is 11.8 Å². The van der Waals surface area contributed by atoms with Gasteiger partial charge in [-0.05, 0) is 31.9 Å². The van der Waals surface area contributed by atoms with E-state index in [4.69, 9.17) is 9.05 Å². The first-order valence-electron chi connectivity index (χ1n) is 9.47. The number of aromatic nitrogens is 3. The zero-order valence-corrected chi connectivity index (χ0v) is 16.0. The molecule has 0 aliphatic carbocycles. The van der Waals surface area contributed by atoms with Gasteiger partial charge >= 0.3 is 0 Å². The molecule has 1 atom stereocenters. The Balaban J connectivity index is 1.34. The molecule has 0 spiro atoms. The van der Waals surface area contributed by atoms with Gasteiger partial charge in [0.05, 0.1) is 18.7 Å². The van der Waals surface area contributed by atoms with Crippen LogP contribution >= 0.6 is 0 Å². The van der Waals surface area contributed by atoms with Crippen molar-refractivity contribution in [3.05, 3.63) is 53.7 Å². The monoisotopic (exact) mass is 395 g/mol. The van der Waals surface area contributed by atoms with Crippen LogP contribution in [0.5, 0.6) is 0 Å². The van der Waals surface area contributed by atoms with Gasteiger partial charge in [0.25, 0.3) is 5.89 Å². The number of aryl methyl sites for hydroxylation is 1. The minimum atomic E-state index is -0.507. The predicted molar refractivity (Wildman–Crippen MR) is 101 cm³/mol. The molecule has 0 saturated carbocycles. The molecule has 4 rings (SSSR count). The molecule has 1 saturated heterocycles. The summed E-state index contributed by atoms with van der Waals surface area (Å²) < 4.78 is 10.4. The van der Waals surface area contributed by atoms with E-state index in [1.54, 1.807) is 17.9 Å². The van der Waals surface area contributed by atoms with Crippen molar-refractivity contribution < 1.29 is 18.6 Å². The summed E-state index contributed by atoms with van der Waals surface area (Å²) in [5, 5.41) is 10.5. The highest BCUT2D eigenvalue weighted by molar-refractivity contribution is 5.88. The Kier molecular flexibility index (Phi) is 5.37. The van der Waals surface area contributed by atoms with Gasteiger partial charge in [-0.15, -0.1) is 0 Å². The van der Waals surface area contributed by atoms with Gasteiger partial charge in [-0.1, -0.05) is 28.5 Å². The van der Waals surface area contributed by atoms with E-state index >= 15 is 0 Å². The molecule has 29 heavy (non-hydrogen) atoms. The van der Waals surface area contributed by atoms with Crippen molar-refractivity contribution in [1.29, 1.82) is 0 Å². The van der Waals surface area contributed by atoms with E-state index in [-0.39, 0.29) is 24.8 Å². The molecule has 1 unspecified atom stereocenters. The molecule has 1 fully saturated rings. The van der Waals surface area contributed by atoms with E-state index in [1.165, 1.54) is 0 Å². The topological polar surface area (TPSA) is 114 Å². The van der Waals surface area contributed by atoms with Crippen LogP contribution < -0.4 is 5.32 Å². The average molecular weight is 395 g/mol. The second-order valence-corrected chi connectivity index (χ2v) is 6.96. The predicted octanol–water partition coefficient (Wildman–Crippen LogP) is 1.88. The minimum absolute atomic E-state index is 0.0932. The van der Waals surface area contributed by atoms with Crippen molar-refractivity contribution in [1.82, 2.24) is 25.5 Å². The van der Waals surface area contributed by atoms with Crippen molar-refractivity contribution in [3.8, 4) is 11.5 Å². The second-order valence-electron chi connectivity index (χ2n) is 6.96. The maximum absolute atomic E-state index is 12.6. The molecular formula is C20H21N5O4. The highest BCUT2D eigenvalue weighted by atomic mass is 16.5. The van der Waals surface area contributed by atoms with Crippen LogP contribution in [0.3, 0.4) is 0 Å². The van der Waals surface area contributed by atoms with E-state index < -0.39 is 6.04 Å². The van der Waals surface area contributed by atoms with E-state index in [0.29, 0.717) is 30.4 Å². The highest BCUT2D eigenvalue weighted by Gasteiger charge is 2.34. The zero-order chi connectivity index (χ0) is 20.2. The lowest BCUT2D eigenvalue weighted by molar-refractivity contribution is -0.138. The summed E-state index contributed by atoms with van der Waals surface area (Å²) in [7, 11) is 0. The molecular weight excluding hydrogens is 374 g/mol. The van der Waals surface area contributed by atoms with E-state index in [0.717, 1.165) is 17.7 Å². The Morgan fingerprint density at radius 1 is 1.21 bits per heavy atom. The number of carbonyl (C=O) groups is 2. The lowest BCUT2D eigenvalue weighted by Gasteiger charge is -2.23. The Morgan fingerprint density at radius 3 is 2.79 bits per heavy atom. The summed E-state index contributed by atoms with van der Waals surface area (Å²) in [5.41, 5.74) is 1.53. The maximum atomic E-state index is 12.6. The van der Waals surface area contributed by atoms with E-state index in [2.05, 4.69) is 20.6 Å². The number of amides is 2. The SMILES string of the molecule is Cc1cc(CC(=O)N2CCCC2C(=O)NCc2noc(-c3ccccc3)n2)on1. The fraction of sp³-hybridized carbons (Fsp3) is 0.350. The van der Waals surface area contributed by atoms with E-state index in [1.807, 2.05) is 30.3 Å². The number of nitrogens with zero attached hydrogens (tertiary/aromatic N) is 4. The van der Waals surface area contributed by atoms with Crippen LogP contribution in [-0.2, 0) is 22.6 Å². The molecule has 150 valence electrons. The third-order valence-corrected chi connectivity index (χ3v) is 4.79. The van der Waals surface area contributed by atoms with Crippen LogP contribution in [0.15, 0.2) is 45.4 Å². The molecule has 3 heterocycles. The van der Waals surface area contributed by atoms with Gasteiger partial charge in [0.2, 0.25) is 11.8 Å². The summed E-state index contributed by atoms with van der Waals surface area (Å²) in [6.45, 7) is 2.48. The van der Waals surface area contributed by atoms with Crippen molar-refractivity contribution in [2.45, 2.75) is 38.8 Å². The molecule has 0 bridgehead atoms. The van der Waals surface area contributed by atoms with Gasteiger partial charge < -0.3 is 19.3 Å². The first kappa shape index (κ1) is 18.9. The van der Waals surface area contributed by atoms with Crippen molar-refractivity contribution in [2.75, 3.05) is 6.54 Å². The van der Waals surface area contributed by atoms with Crippen molar-refractivity contribution in [3.63, 3.8) is 0 Å². The molecule has 3 aromatic rings. The Hall–Kier alpha value is -3.49. The van der Waals surface area contributed by atoms with Gasteiger partial charge in [-0.3, -0.25) is 9.59 Å². The molecule has 1 aromatic carbocycles. The normalized spacial score (nSPS) is 16.2. The molecule has 9 heteroatoms. The molecule has 1 N–H and O–H groups in total.